The van der Waals surface area contributed by atoms with Gasteiger partial charge in [0.05, 0.1) is 11.4 Å². The first-order valence-electron chi connectivity index (χ1n) is 7.94. The normalized spacial score (nSPS) is 16.7. The Morgan fingerprint density at radius 1 is 1.30 bits per heavy atom. The van der Waals surface area contributed by atoms with E-state index in [1.807, 2.05) is 12.3 Å². The third kappa shape index (κ3) is 4.28. The molecule has 0 aliphatic heterocycles. The minimum Gasteiger partial charge on any atom is -0.356 e. The Kier molecular flexibility index (Phi) is 4.86. The SMILES string of the molecule is O=C(CC1C=CCC1)NCCc1ccn(-c2ccc(F)cc2)n1. The maximum absolute atomic E-state index is 12.9. The molecule has 1 aliphatic carbocycles. The number of rotatable bonds is 6. The van der Waals surface area contributed by atoms with Crippen LogP contribution in [0.1, 0.15) is 25.0 Å². The first kappa shape index (κ1) is 15.5. The second-order valence-corrected chi connectivity index (χ2v) is 5.80. The molecule has 1 atom stereocenters. The number of amides is 1. The Morgan fingerprint density at radius 2 is 2.13 bits per heavy atom. The van der Waals surface area contributed by atoms with E-state index in [1.165, 1.54) is 12.1 Å². The van der Waals surface area contributed by atoms with Gasteiger partial charge in [0.2, 0.25) is 5.91 Å². The number of aromatic nitrogens is 2. The molecule has 1 N–H and O–H groups in total. The van der Waals surface area contributed by atoms with Gasteiger partial charge in [-0.15, -0.1) is 0 Å². The van der Waals surface area contributed by atoms with Crippen molar-refractivity contribution < 1.29 is 9.18 Å². The molecule has 0 saturated heterocycles. The minimum absolute atomic E-state index is 0.0968. The Morgan fingerprint density at radius 3 is 2.87 bits per heavy atom. The quantitative estimate of drug-likeness (QED) is 0.833. The van der Waals surface area contributed by atoms with Crippen LogP contribution in [0.5, 0.6) is 0 Å². The molecule has 1 aromatic carbocycles. The summed E-state index contributed by atoms with van der Waals surface area (Å²) in [5.74, 6) is 0.230. The lowest BCUT2D eigenvalue weighted by atomic mass is 10.1. The topological polar surface area (TPSA) is 46.9 Å². The summed E-state index contributed by atoms with van der Waals surface area (Å²) in [5.41, 5.74) is 1.71. The van der Waals surface area contributed by atoms with Gasteiger partial charge in [0.1, 0.15) is 5.82 Å². The number of allylic oxidation sites excluding steroid dienone is 2. The molecular weight excluding hydrogens is 293 g/mol. The summed E-state index contributed by atoms with van der Waals surface area (Å²) in [7, 11) is 0. The molecule has 1 aliphatic rings. The highest BCUT2D eigenvalue weighted by Crippen LogP contribution is 2.19. The van der Waals surface area contributed by atoms with E-state index < -0.39 is 0 Å². The molecule has 0 bridgehead atoms. The van der Waals surface area contributed by atoms with Crippen molar-refractivity contribution in [2.75, 3.05) is 6.54 Å². The highest BCUT2D eigenvalue weighted by atomic mass is 19.1. The lowest BCUT2D eigenvalue weighted by Gasteiger charge is -2.08. The predicted octanol–water partition coefficient (Wildman–Crippen LogP) is 3.03. The number of hydrogen-bond acceptors (Lipinski definition) is 2. The standard InChI is InChI=1S/C18H20FN3O/c19-15-5-7-17(8-6-15)22-12-10-16(21-22)9-11-20-18(23)13-14-3-1-2-4-14/h1,3,5-8,10,12,14H,2,4,9,11,13H2,(H,20,23). The van der Waals surface area contributed by atoms with Crippen molar-refractivity contribution in [1.29, 1.82) is 0 Å². The van der Waals surface area contributed by atoms with E-state index in [1.54, 1.807) is 16.8 Å². The van der Waals surface area contributed by atoms with Gasteiger partial charge in [-0.1, -0.05) is 12.2 Å². The molecule has 1 unspecified atom stereocenters. The number of carbonyl (C=O) groups is 1. The fraction of sp³-hybridized carbons (Fsp3) is 0.333. The third-order valence-corrected chi connectivity index (χ3v) is 4.00. The first-order valence-corrected chi connectivity index (χ1v) is 7.94. The number of hydrogen-bond donors (Lipinski definition) is 1. The van der Waals surface area contributed by atoms with Crippen LogP contribution < -0.4 is 5.32 Å². The molecule has 120 valence electrons. The lowest BCUT2D eigenvalue weighted by molar-refractivity contribution is -0.121. The van der Waals surface area contributed by atoms with Crippen LogP contribution in [0, 0.1) is 11.7 Å². The number of benzene rings is 1. The van der Waals surface area contributed by atoms with Gasteiger partial charge in [-0.3, -0.25) is 4.79 Å². The van der Waals surface area contributed by atoms with E-state index in [2.05, 4.69) is 22.6 Å². The van der Waals surface area contributed by atoms with Gasteiger partial charge < -0.3 is 5.32 Å². The molecule has 4 nitrogen and oxygen atoms in total. The maximum atomic E-state index is 12.9. The average Bonchev–Trinajstić information content (AvgIpc) is 3.20. The maximum Gasteiger partial charge on any atom is 0.220 e. The third-order valence-electron chi connectivity index (χ3n) is 4.00. The summed E-state index contributed by atoms with van der Waals surface area (Å²) in [4.78, 5) is 11.8. The van der Waals surface area contributed by atoms with Crippen molar-refractivity contribution in [2.24, 2.45) is 5.92 Å². The summed E-state index contributed by atoms with van der Waals surface area (Å²) >= 11 is 0. The lowest BCUT2D eigenvalue weighted by Crippen LogP contribution is -2.27. The van der Waals surface area contributed by atoms with Crippen LogP contribution in [0.3, 0.4) is 0 Å². The van der Waals surface area contributed by atoms with Crippen LogP contribution in [-0.2, 0) is 11.2 Å². The summed E-state index contributed by atoms with van der Waals surface area (Å²) in [5, 5.41) is 7.38. The van der Waals surface area contributed by atoms with Gasteiger partial charge in [0, 0.05) is 25.6 Å². The molecule has 0 radical (unpaired) electrons. The summed E-state index contributed by atoms with van der Waals surface area (Å²) in [6, 6.07) is 8.10. The van der Waals surface area contributed by atoms with Crippen molar-refractivity contribution in [3.8, 4) is 5.69 Å². The zero-order valence-corrected chi connectivity index (χ0v) is 12.9. The first-order chi connectivity index (χ1) is 11.2. The number of nitrogens with one attached hydrogen (secondary N) is 1. The molecule has 23 heavy (non-hydrogen) atoms. The van der Waals surface area contributed by atoms with E-state index in [0.717, 1.165) is 24.2 Å². The van der Waals surface area contributed by atoms with Crippen LogP contribution in [0.15, 0.2) is 48.7 Å². The van der Waals surface area contributed by atoms with Gasteiger partial charge in [-0.2, -0.15) is 5.10 Å². The Labute approximate surface area is 135 Å². The van der Waals surface area contributed by atoms with E-state index in [9.17, 15) is 9.18 Å². The molecule has 0 saturated carbocycles. The summed E-state index contributed by atoms with van der Waals surface area (Å²) in [6.45, 7) is 0.579. The van der Waals surface area contributed by atoms with Crippen molar-refractivity contribution in [2.45, 2.75) is 25.7 Å². The van der Waals surface area contributed by atoms with Gasteiger partial charge in [-0.05, 0) is 49.1 Å². The van der Waals surface area contributed by atoms with Crippen LogP contribution in [-0.4, -0.2) is 22.2 Å². The molecule has 1 aromatic heterocycles. The highest BCUT2D eigenvalue weighted by molar-refractivity contribution is 5.76. The molecule has 1 amide bonds. The fourth-order valence-corrected chi connectivity index (χ4v) is 2.74. The number of halogens is 1. The largest absolute Gasteiger partial charge is 0.356 e. The monoisotopic (exact) mass is 313 g/mol. The van der Waals surface area contributed by atoms with Crippen LogP contribution >= 0.6 is 0 Å². The van der Waals surface area contributed by atoms with Crippen molar-refractivity contribution in [3.05, 3.63) is 60.2 Å². The van der Waals surface area contributed by atoms with E-state index >= 15 is 0 Å². The smallest absolute Gasteiger partial charge is 0.220 e. The Hall–Kier alpha value is -2.43. The molecule has 0 spiro atoms. The zero-order chi connectivity index (χ0) is 16.1. The zero-order valence-electron chi connectivity index (χ0n) is 12.9. The second kappa shape index (κ2) is 7.22. The van der Waals surface area contributed by atoms with Crippen molar-refractivity contribution >= 4 is 5.91 Å². The molecule has 2 aromatic rings. The van der Waals surface area contributed by atoms with E-state index in [-0.39, 0.29) is 11.7 Å². The molecule has 0 fully saturated rings. The van der Waals surface area contributed by atoms with Gasteiger partial charge in [-0.25, -0.2) is 9.07 Å². The number of carbonyl (C=O) groups excluding carboxylic acids is 1. The minimum atomic E-state index is -0.263. The van der Waals surface area contributed by atoms with Crippen LogP contribution in [0.2, 0.25) is 0 Å². The van der Waals surface area contributed by atoms with Crippen molar-refractivity contribution in [1.82, 2.24) is 15.1 Å². The van der Waals surface area contributed by atoms with Crippen LogP contribution in [0.25, 0.3) is 5.69 Å². The van der Waals surface area contributed by atoms with E-state index in [0.29, 0.717) is 25.3 Å². The van der Waals surface area contributed by atoms with Crippen LogP contribution in [0.4, 0.5) is 4.39 Å². The second-order valence-electron chi connectivity index (χ2n) is 5.80. The molecule has 1 heterocycles. The van der Waals surface area contributed by atoms with Crippen molar-refractivity contribution in [3.63, 3.8) is 0 Å². The highest BCUT2D eigenvalue weighted by Gasteiger charge is 2.13. The van der Waals surface area contributed by atoms with Gasteiger partial charge in [0.15, 0.2) is 0 Å². The molecule has 5 heteroatoms. The van der Waals surface area contributed by atoms with Gasteiger partial charge in [0.25, 0.3) is 0 Å². The molecular formula is C18H20FN3O. The predicted molar refractivity (Wildman–Crippen MR) is 86.7 cm³/mol. The van der Waals surface area contributed by atoms with Gasteiger partial charge >= 0.3 is 0 Å². The fourth-order valence-electron chi connectivity index (χ4n) is 2.74. The summed E-state index contributed by atoms with van der Waals surface area (Å²) in [6.07, 6.45) is 9.52. The Bertz CT molecular complexity index is 691. The Balaban J connectivity index is 1.46. The summed E-state index contributed by atoms with van der Waals surface area (Å²) < 4.78 is 14.6. The van der Waals surface area contributed by atoms with E-state index in [4.69, 9.17) is 0 Å². The molecule has 3 rings (SSSR count). The average molecular weight is 313 g/mol. The number of nitrogens with zero attached hydrogens (tertiary/aromatic N) is 2.